The third-order valence-electron chi connectivity index (χ3n) is 8.50. The highest BCUT2D eigenvalue weighted by Gasteiger charge is 2.23. The first-order chi connectivity index (χ1) is 20.0. The number of carbonyl (C=O) groups excluding carboxylic acids is 2. The van der Waals surface area contributed by atoms with E-state index in [1.165, 1.54) is 11.3 Å². The van der Waals surface area contributed by atoms with E-state index in [9.17, 15) is 9.59 Å². The van der Waals surface area contributed by atoms with Crippen LogP contribution in [0.15, 0.2) is 66.7 Å². The van der Waals surface area contributed by atoms with Crippen LogP contribution in [0.5, 0.6) is 0 Å². The van der Waals surface area contributed by atoms with Crippen molar-refractivity contribution < 1.29 is 14.3 Å². The number of nitrogens with zero attached hydrogens (tertiary/aromatic N) is 1. The van der Waals surface area contributed by atoms with Crippen LogP contribution in [-0.2, 0) is 11.3 Å². The van der Waals surface area contributed by atoms with Gasteiger partial charge in [0.25, 0.3) is 5.91 Å². The van der Waals surface area contributed by atoms with Crippen molar-refractivity contribution in [2.45, 2.75) is 72.6 Å². The molecule has 0 saturated carbocycles. The van der Waals surface area contributed by atoms with Crippen LogP contribution >= 0.6 is 0 Å². The number of fused-ring (bicyclic) bond motifs is 1. The van der Waals surface area contributed by atoms with E-state index in [0.717, 1.165) is 53.5 Å². The molecular weight excluding hydrogens is 522 g/mol. The first-order valence-corrected chi connectivity index (χ1v) is 15.0. The molecule has 0 aliphatic carbocycles. The van der Waals surface area contributed by atoms with Crippen molar-refractivity contribution in [3.63, 3.8) is 0 Å². The second kappa shape index (κ2) is 12.1. The van der Waals surface area contributed by atoms with Crippen molar-refractivity contribution in [3.05, 3.63) is 94.7 Å². The van der Waals surface area contributed by atoms with Gasteiger partial charge in [-0.3, -0.25) is 4.79 Å². The van der Waals surface area contributed by atoms with Crippen LogP contribution in [0.2, 0.25) is 0 Å². The Morgan fingerprint density at radius 2 is 1.69 bits per heavy atom. The molecule has 5 rings (SSSR count). The summed E-state index contributed by atoms with van der Waals surface area (Å²) in [6.07, 6.45) is 2.19. The zero-order valence-electron chi connectivity index (χ0n) is 25.7. The van der Waals surface area contributed by atoms with E-state index in [1.54, 1.807) is 0 Å². The van der Waals surface area contributed by atoms with E-state index in [2.05, 4.69) is 66.3 Å². The summed E-state index contributed by atoms with van der Waals surface area (Å²) in [6.45, 7) is 14.8. The van der Waals surface area contributed by atoms with Gasteiger partial charge in [-0.15, -0.1) is 0 Å². The lowest BCUT2D eigenvalue weighted by atomic mass is 9.91. The van der Waals surface area contributed by atoms with Gasteiger partial charge in [0, 0.05) is 34.7 Å². The Hall–Kier alpha value is -3.90. The van der Waals surface area contributed by atoms with Gasteiger partial charge in [-0.2, -0.15) is 0 Å². The van der Waals surface area contributed by atoms with Crippen molar-refractivity contribution in [1.82, 2.24) is 15.2 Å². The van der Waals surface area contributed by atoms with Crippen LogP contribution in [0.4, 0.5) is 0 Å². The molecule has 2 heterocycles. The number of ether oxygens (including phenoxy) is 1. The van der Waals surface area contributed by atoms with Gasteiger partial charge >= 0.3 is 5.97 Å². The van der Waals surface area contributed by atoms with Gasteiger partial charge in [-0.05, 0) is 120 Å². The molecule has 42 heavy (non-hydrogen) atoms. The lowest BCUT2D eigenvalue weighted by Crippen LogP contribution is -2.42. The summed E-state index contributed by atoms with van der Waals surface area (Å²) >= 11 is 0. The summed E-state index contributed by atoms with van der Waals surface area (Å²) in [6, 6.07) is 22.2. The van der Waals surface area contributed by atoms with Crippen molar-refractivity contribution >= 4 is 22.8 Å². The van der Waals surface area contributed by atoms with Gasteiger partial charge in [-0.25, -0.2) is 4.79 Å². The van der Waals surface area contributed by atoms with Crippen LogP contribution in [0.25, 0.3) is 22.0 Å². The topological polar surface area (TPSA) is 72.4 Å². The first kappa shape index (κ1) is 29.6. The number of nitrogens with one attached hydrogen (secondary N) is 2. The summed E-state index contributed by atoms with van der Waals surface area (Å²) < 4.78 is 7.96. The predicted octanol–water partition coefficient (Wildman–Crippen LogP) is 7.05. The summed E-state index contributed by atoms with van der Waals surface area (Å²) in [5.74, 6) is 0.192. The molecule has 0 radical (unpaired) electrons. The fraction of sp³-hybridized carbons (Fsp3) is 0.389. The fourth-order valence-corrected chi connectivity index (χ4v) is 5.97. The van der Waals surface area contributed by atoms with Crippen molar-refractivity contribution in [2.75, 3.05) is 13.1 Å². The Kier molecular flexibility index (Phi) is 8.55. The average molecular weight is 566 g/mol. The fourth-order valence-electron chi connectivity index (χ4n) is 5.97. The van der Waals surface area contributed by atoms with Gasteiger partial charge < -0.3 is 19.9 Å². The van der Waals surface area contributed by atoms with Crippen LogP contribution in [0.1, 0.15) is 78.1 Å². The minimum absolute atomic E-state index is 0.00464. The van der Waals surface area contributed by atoms with Crippen LogP contribution in [-0.4, -0.2) is 41.2 Å². The van der Waals surface area contributed by atoms with E-state index < -0.39 is 5.60 Å². The van der Waals surface area contributed by atoms with Gasteiger partial charge in [0.15, 0.2) is 0 Å². The molecule has 0 bridgehead atoms. The highest BCUT2D eigenvalue weighted by atomic mass is 16.6. The summed E-state index contributed by atoms with van der Waals surface area (Å²) in [4.78, 5) is 26.0. The Balaban J connectivity index is 1.35. The summed E-state index contributed by atoms with van der Waals surface area (Å²) in [5, 5.41) is 7.76. The molecule has 1 aliphatic rings. The van der Waals surface area contributed by atoms with Gasteiger partial charge in [0.2, 0.25) is 0 Å². The number of benzene rings is 3. The molecule has 3 aromatic carbocycles. The van der Waals surface area contributed by atoms with E-state index >= 15 is 0 Å². The van der Waals surface area contributed by atoms with Crippen LogP contribution in [0.3, 0.4) is 0 Å². The first-order valence-electron chi connectivity index (χ1n) is 15.0. The summed E-state index contributed by atoms with van der Waals surface area (Å²) in [5.41, 5.74) is 7.19. The number of carbonyl (C=O) groups is 2. The zero-order chi connectivity index (χ0) is 30.0. The molecule has 0 unspecified atom stereocenters. The Labute approximate surface area is 249 Å². The molecular formula is C36H43N3O3. The Morgan fingerprint density at radius 1 is 1.00 bits per heavy atom. The van der Waals surface area contributed by atoms with Crippen LogP contribution < -0.4 is 10.6 Å². The molecule has 1 amide bonds. The highest BCUT2D eigenvalue weighted by molar-refractivity contribution is 5.99. The maximum atomic E-state index is 13.2. The molecule has 0 spiro atoms. The standard InChI is InChI=1S/C36H43N3O3/c1-23-25(3)39(33-16-15-29(21-32(23)33)34(40)38-24(2)27-17-19-37-20-18-27)22-26-11-13-28(14-12-26)30-9-7-8-10-31(30)35(41)42-36(4,5)6/h7-16,21,24,27,37H,17-20,22H2,1-6H3,(H,38,40)/t24-/m0/s1. The third-order valence-corrected chi connectivity index (χ3v) is 8.50. The monoisotopic (exact) mass is 565 g/mol. The highest BCUT2D eigenvalue weighted by Crippen LogP contribution is 2.30. The van der Waals surface area contributed by atoms with E-state index in [1.807, 2.05) is 57.2 Å². The maximum Gasteiger partial charge on any atom is 0.339 e. The number of esters is 1. The molecule has 1 fully saturated rings. The lowest BCUT2D eigenvalue weighted by molar-refractivity contribution is 0.00703. The predicted molar refractivity (Wildman–Crippen MR) is 170 cm³/mol. The van der Waals surface area contributed by atoms with Crippen molar-refractivity contribution in [3.8, 4) is 11.1 Å². The minimum Gasteiger partial charge on any atom is -0.456 e. The molecule has 6 nitrogen and oxygen atoms in total. The number of aryl methyl sites for hydroxylation is 1. The molecule has 4 aromatic rings. The molecule has 6 heteroatoms. The Morgan fingerprint density at radius 3 is 2.38 bits per heavy atom. The maximum absolute atomic E-state index is 13.2. The Bertz CT molecular complexity index is 1590. The van der Waals surface area contributed by atoms with Crippen molar-refractivity contribution in [2.24, 2.45) is 5.92 Å². The molecule has 1 aromatic heterocycles. The summed E-state index contributed by atoms with van der Waals surface area (Å²) in [7, 11) is 0. The molecule has 1 atom stereocenters. The SMILES string of the molecule is Cc1c(C)n(Cc2ccc(-c3ccccc3C(=O)OC(C)(C)C)cc2)c2ccc(C(=O)N[C@@H](C)C3CCNCC3)cc12. The number of rotatable bonds is 7. The second-order valence-corrected chi connectivity index (χ2v) is 12.6. The number of amides is 1. The smallest absolute Gasteiger partial charge is 0.339 e. The van der Waals surface area contributed by atoms with Gasteiger partial charge in [0.05, 0.1) is 5.56 Å². The van der Waals surface area contributed by atoms with Gasteiger partial charge in [0.1, 0.15) is 5.60 Å². The molecule has 1 saturated heterocycles. The average Bonchev–Trinajstić information content (AvgIpc) is 3.21. The largest absolute Gasteiger partial charge is 0.456 e. The minimum atomic E-state index is -0.556. The van der Waals surface area contributed by atoms with Gasteiger partial charge in [-0.1, -0.05) is 42.5 Å². The number of hydrogen-bond acceptors (Lipinski definition) is 4. The normalized spacial score (nSPS) is 15.0. The van der Waals surface area contributed by atoms with Crippen LogP contribution in [0, 0.1) is 19.8 Å². The lowest BCUT2D eigenvalue weighted by Gasteiger charge is -2.28. The molecule has 2 N–H and O–H groups in total. The second-order valence-electron chi connectivity index (χ2n) is 12.6. The third kappa shape index (κ3) is 6.44. The van der Waals surface area contributed by atoms with Crippen molar-refractivity contribution in [1.29, 1.82) is 0 Å². The quantitative estimate of drug-likeness (QED) is 0.236. The number of hydrogen-bond donors (Lipinski definition) is 2. The zero-order valence-corrected chi connectivity index (χ0v) is 25.7. The number of aromatic nitrogens is 1. The number of piperidine rings is 1. The van der Waals surface area contributed by atoms with E-state index in [4.69, 9.17) is 4.74 Å². The molecule has 1 aliphatic heterocycles. The van der Waals surface area contributed by atoms with E-state index in [0.29, 0.717) is 23.6 Å². The molecule has 220 valence electrons. The van der Waals surface area contributed by atoms with E-state index in [-0.39, 0.29) is 17.9 Å².